The van der Waals surface area contributed by atoms with Gasteiger partial charge in [-0.1, -0.05) is 13.0 Å². The number of methoxy groups -OCH3 is 1. The first-order chi connectivity index (χ1) is 8.79. The summed E-state index contributed by atoms with van der Waals surface area (Å²) in [6.45, 7) is 2.34. The van der Waals surface area contributed by atoms with Crippen molar-refractivity contribution in [3.63, 3.8) is 0 Å². The summed E-state index contributed by atoms with van der Waals surface area (Å²) in [5, 5.41) is 0. The van der Waals surface area contributed by atoms with Gasteiger partial charge in [0, 0.05) is 11.5 Å². The van der Waals surface area contributed by atoms with Crippen LogP contribution in [0.15, 0.2) is 12.1 Å². The molecule has 0 saturated heterocycles. The third-order valence-electron chi connectivity index (χ3n) is 5.26. The van der Waals surface area contributed by atoms with Gasteiger partial charge in [-0.3, -0.25) is 0 Å². The maximum absolute atomic E-state index is 6.31. The molecule has 2 heteroatoms. The zero-order valence-electron chi connectivity index (χ0n) is 11.1. The minimum absolute atomic E-state index is 0.397. The fraction of sp³-hybridized carbons (Fsp3) is 0.625. The van der Waals surface area contributed by atoms with Gasteiger partial charge >= 0.3 is 0 Å². The summed E-state index contributed by atoms with van der Waals surface area (Å²) in [5.74, 6) is 4.14. The van der Waals surface area contributed by atoms with Crippen molar-refractivity contribution in [2.75, 3.05) is 7.11 Å². The average molecular weight is 244 g/mol. The Morgan fingerprint density at radius 3 is 2.94 bits per heavy atom. The summed E-state index contributed by atoms with van der Waals surface area (Å²) >= 11 is 0. The smallest absolute Gasteiger partial charge is 0.165 e. The molecule has 1 fully saturated rings. The molecule has 1 aromatic carbocycles. The molecular formula is C16H20O2. The van der Waals surface area contributed by atoms with E-state index >= 15 is 0 Å². The van der Waals surface area contributed by atoms with E-state index in [1.54, 1.807) is 7.11 Å². The Kier molecular flexibility index (Phi) is 2.18. The highest BCUT2D eigenvalue weighted by molar-refractivity contribution is 5.57. The topological polar surface area (TPSA) is 18.5 Å². The molecule has 0 amide bonds. The summed E-state index contributed by atoms with van der Waals surface area (Å²) in [7, 11) is 1.74. The lowest BCUT2D eigenvalue weighted by Gasteiger charge is -2.39. The van der Waals surface area contributed by atoms with Crippen LogP contribution in [0.25, 0.3) is 0 Å². The summed E-state index contributed by atoms with van der Waals surface area (Å²) in [6, 6.07) is 4.33. The number of rotatable bonds is 1. The summed E-state index contributed by atoms with van der Waals surface area (Å²) in [5.41, 5.74) is 2.99. The number of aryl methyl sites for hydroxylation is 1. The van der Waals surface area contributed by atoms with Crippen LogP contribution in [0.1, 0.15) is 43.2 Å². The quantitative estimate of drug-likeness (QED) is 0.752. The van der Waals surface area contributed by atoms with Crippen LogP contribution in [0.2, 0.25) is 0 Å². The van der Waals surface area contributed by atoms with Gasteiger partial charge in [0.1, 0.15) is 6.10 Å². The molecule has 4 rings (SSSR count). The predicted octanol–water partition coefficient (Wildman–Crippen LogP) is 3.53. The van der Waals surface area contributed by atoms with Crippen molar-refractivity contribution in [1.29, 1.82) is 0 Å². The molecule has 96 valence electrons. The Hall–Kier alpha value is -1.18. The lowest BCUT2D eigenvalue weighted by molar-refractivity contribution is 0.0697. The van der Waals surface area contributed by atoms with Crippen molar-refractivity contribution in [2.45, 2.75) is 44.6 Å². The number of hydrogen-bond acceptors (Lipinski definition) is 2. The van der Waals surface area contributed by atoms with Crippen molar-refractivity contribution < 1.29 is 9.47 Å². The van der Waals surface area contributed by atoms with Crippen molar-refractivity contribution >= 4 is 0 Å². The first kappa shape index (κ1) is 10.7. The van der Waals surface area contributed by atoms with Gasteiger partial charge in [-0.05, 0) is 49.1 Å². The van der Waals surface area contributed by atoms with Gasteiger partial charge in [0.15, 0.2) is 11.5 Å². The van der Waals surface area contributed by atoms with Crippen LogP contribution in [0.5, 0.6) is 11.5 Å². The van der Waals surface area contributed by atoms with Gasteiger partial charge in [0.2, 0.25) is 0 Å². The predicted molar refractivity (Wildman–Crippen MR) is 70.4 cm³/mol. The third-order valence-corrected chi connectivity index (χ3v) is 5.26. The largest absolute Gasteiger partial charge is 0.493 e. The Morgan fingerprint density at radius 2 is 2.11 bits per heavy atom. The Balaban J connectivity index is 1.90. The maximum atomic E-state index is 6.31. The molecule has 0 aromatic heterocycles. The second kappa shape index (κ2) is 3.66. The van der Waals surface area contributed by atoms with E-state index in [-0.39, 0.29) is 0 Å². The van der Waals surface area contributed by atoms with Crippen LogP contribution < -0.4 is 9.47 Å². The molecule has 0 spiro atoms. The van der Waals surface area contributed by atoms with Gasteiger partial charge in [0.25, 0.3) is 0 Å². The molecule has 3 aliphatic rings. The van der Waals surface area contributed by atoms with Crippen LogP contribution >= 0.6 is 0 Å². The Morgan fingerprint density at radius 1 is 1.22 bits per heavy atom. The van der Waals surface area contributed by atoms with Gasteiger partial charge < -0.3 is 9.47 Å². The van der Waals surface area contributed by atoms with Crippen molar-refractivity contribution in [1.82, 2.24) is 0 Å². The lowest BCUT2D eigenvalue weighted by atomic mass is 9.65. The van der Waals surface area contributed by atoms with E-state index in [9.17, 15) is 0 Å². The lowest BCUT2D eigenvalue weighted by Crippen LogP contribution is -2.37. The highest BCUT2D eigenvalue weighted by atomic mass is 16.5. The monoisotopic (exact) mass is 244 g/mol. The van der Waals surface area contributed by atoms with Gasteiger partial charge in [-0.2, -0.15) is 0 Å². The summed E-state index contributed by atoms with van der Waals surface area (Å²) in [4.78, 5) is 0. The van der Waals surface area contributed by atoms with Crippen molar-refractivity contribution in [2.24, 2.45) is 11.8 Å². The van der Waals surface area contributed by atoms with Crippen molar-refractivity contribution in [3.8, 4) is 11.5 Å². The highest BCUT2D eigenvalue weighted by Crippen LogP contribution is 2.57. The van der Waals surface area contributed by atoms with E-state index in [2.05, 4.69) is 19.1 Å². The fourth-order valence-electron chi connectivity index (χ4n) is 4.32. The molecule has 18 heavy (non-hydrogen) atoms. The van der Waals surface area contributed by atoms with Crippen LogP contribution in [-0.4, -0.2) is 13.2 Å². The third kappa shape index (κ3) is 1.24. The molecule has 1 heterocycles. The van der Waals surface area contributed by atoms with Crippen LogP contribution in [0.3, 0.4) is 0 Å². The Bertz CT molecular complexity index is 494. The molecule has 0 bridgehead atoms. The fourth-order valence-corrected chi connectivity index (χ4v) is 4.32. The molecule has 4 unspecified atom stereocenters. The zero-order chi connectivity index (χ0) is 12.3. The molecule has 4 atom stereocenters. The maximum Gasteiger partial charge on any atom is 0.165 e. The van der Waals surface area contributed by atoms with E-state index in [4.69, 9.17) is 9.47 Å². The van der Waals surface area contributed by atoms with E-state index in [0.29, 0.717) is 17.9 Å². The van der Waals surface area contributed by atoms with Crippen LogP contribution in [-0.2, 0) is 6.42 Å². The van der Waals surface area contributed by atoms with E-state index in [1.807, 2.05) is 0 Å². The first-order valence-corrected chi connectivity index (χ1v) is 7.16. The standard InChI is InChI=1S/C16H20O2/c1-9-3-4-10-5-6-11-7-8-12(17-2)16-14(11)13(10)15(9)18-16/h7-10,13,15H,3-6H2,1-2H3. The number of benzene rings is 1. The molecule has 0 radical (unpaired) electrons. The van der Waals surface area contributed by atoms with Gasteiger partial charge in [-0.15, -0.1) is 0 Å². The molecular weight excluding hydrogens is 224 g/mol. The van der Waals surface area contributed by atoms with E-state index in [0.717, 1.165) is 17.4 Å². The SMILES string of the molecule is COc1ccc2c3c1OC1C(C)CCC(CC2)C31. The molecule has 0 N–H and O–H groups in total. The van der Waals surface area contributed by atoms with Crippen LogP contribution in [0.4, 0.5) is 0 Å². The molecule has 1 aliphatic heterocycles. The normalized spacial score (nSPS) is 35.9. The van der Waals surface area contributed by atoms with Crippen LogP contribution in [0, 0.1) is 11.8 Å². The Labute approximate surface area is 108 Å². The molecule has 1 aromatic rings. The average Bonchev–Trinajstić information content (AvgIpc) is 2.81. The van der Waals surface area contributed by atoms with E-state index < -0.39 is 0 Å². The second-order valence-corrected chi connectivity index (χ2v) is 6.13. The summed E-state index contributed by atoms with van der Waals surface area (Å²) in [6.07, 6.45) is 5.65. The number of hydrogen-bond donors (Lipinski definition) is 0. The van der Waals surface area contributed by atoms with E-state index in [1.165, 1.54) is 36.8 Å². The van der Waals surface area contributed by atoms with Gasteiger partial charge in [-0.25, -0.2) is 0 Å². The molecule has 1 saturated carbocycles. The zero-order valence-corrected chi connectivity index (χ0v) is 11.1. The van der Waals surface area contributed by atoms with Crippen molar-refractivity contribution in [3.05, 3.63) is 23.3 Å². The second-order valence-electron chi connectivity index (χ2n) is 6.13. The molecule has 2 aliphatic carbocycles. The number of ether oxygens (including phenoxy) is 2. The first-order valence-electron chi connectivity index (χ1n) is 7.16. The minimum atomic E-state index is 0.397. The van der Waals surface area contributed by atoms with Gasteiger partial charge in [0.05, 0.1) is 7.11 Å². The highest BCUT2D eigenvalue weighted by Gasteiger charge is 2.49. The molecule has 2 nitrogen and oxygen atoms in total. The summed E-state index contributed by atoms with van der Waals surface area (Å²) < 4.78 is 11.8. The minimum Gasteiger partial charge on any atom is -0.493 e.